The van der Waals surface area contributed by atoms with Crippen molar-refractivity contribution in [3.63, 3.8) is 0 Å². The molecule has 148 valence electrons. The molecule has 3 rings (SSSR count). The first kappa shape index (κ1) is 19.7. The minimum Gasteiger partial charge on any atom is -0.495 e. The van der Waals surface area contributed by atoms with Crippen LogP contribution >= 0.6 is 0 Å². The molecule has 2 aromatic carbocycles. The van der Waals surface area contributed by atoms with Crippen LogP contribution in [0.25, 0.3) is 0 Å². The SMILES string of the molecule is COc1ccccc1N1CCN(C(=O)CNC(=O)Cc2ccc(C)cc2)CC1. The molecular weight excluding hydrogens is 354 g/mol. The second-order valence-electron chi connectivity index (χ2n) is 6.98. The van der Waals surface area contributed by atoms with Gasteiger partial charge in [0.2, 0.25) is 11.8 Å². The number of nitrogens with one attached hydrogen (secondary N) is 1. The Kier molecular flexibility index (Phi) is 6.53. The summed E-state index contributed by atoms with van der Waals surface area (Å²) in [6.45, 7) is 4.79. The summed E-state index contributed by atoms with van der Waals surface area (Å²) in [6, 6.07) is 15.7. The maximum absolute atomic E-state index is 12.4. The van der Waals surface area contributed by atoms with Crippen LogP contribution in [0.5, 0.6) is 5.75 Å². The van der Waals surface area contributed by atoms with Crippen molar-refractivity contribution in [2.45, 2.75) is 13.3 Å². The van der Waals surface area contributed by atoms with Crippen LogP contribution in [0.1, 0.15) is 11.1 Å². The second-order valence-corrected chi connectivity index (χ2v) is 6.98. The molecule has 1 N–H and O–H groups in total. The van der Waals surface area contributed by atoms with Gasteiger partial charge in [-0.15, -0.1) is 0 Å². The molecule has 0 aromatic heterocycles. The van der Waals surface area contributed by atoms with E-state index in [-0.39, 0.29) is 24.8 Å². The fourth-order valence-corrected chi connectivity index (χ4v) is 3.33. The monoisotopic (exact) mass is 381 g/mol. The van der Waals surface area contributed by atoms with Gasteiger partial charge in [0, 0.05) is 26.2 Å². The number of methoxy groups -OCH3 is 1. The van der Waals surface area contributed by atoms with Gasteiger partial charge in [0.1, 0.15) is 5.75 Å². The third-order valence-corrected chi connectivity index (χ3v) is 4.98. The van der Waals surface area contributed by atoms with Crippen LogP contribution in [0.2, 0.25) is 0 Å². The highest BCUT2D eigenvalue weighted by molar-refractivity contribution is 5.86. The molecule has 0 unspecified atom stereocenters. The molecule has 2 aromatic rings. The molecule has 1 aliphatic rings. The fraction of sp³-hybridized carbons (Fsp3) is 0.364. The highest BCUT2D eigenvalue weighted by atomic mass is 16.5. The number of para-hydroxylation sites is 2. The van der Waals surface area contributed by atoms with Crippen LogP contribution in [0.15, 0.2) is 48.5 Å². The van der Waals surface area contributed by atoms with Gasteiger partial charge in [0.25, 0.3) is 0 Å². The molecule has 6 heteroatoms. The number of piperazine rings is 1. The average molecular weight is 381 g/mol. The van der Waals surface area contributed by atoms with E-state index in [0.29, 0.717) is 13.1 Å². The van der Waals surface area contributed by atoms with E-state index in [1.54, 1.807) is 12.0 Å². The summed E-state index contributed by atoms with van der Waals surface area (Å²) in [5.74, 6) is 0.660. The molecule has 0 spiro atoms. The Bertz CT molecular complexity index is 812. The number of aryl methyl sites for hydroxylation is 1. The first-order valence-corrected chi connectivity index (χ1v) is 9.55. The smallest absolute Gasteiger partial charge is 0.242 e. The summed E-state index contributed by atoms with van der Waals surface area (Å²) in [5.41, 5.74) is 3.15. The van der Waals surface area contributed by atoms with Crippen LogP contribution in [0.4, 0.5) is 5.69 Å². The van der Waals surface area contributed by atoms with Crippen molar-refractivity contribution in [1.82, 2.24) is 10.2 Å². The minimum atomic E-state index is -0.134. The lowest BCUT2D eigenvalue weighted by Gasteiger charge is -2.36. The minimum absolute atomic E-state index is 0.0410. The van der Waals surface area contributed by atoms with Gasteiger partial charge >= 0.3 is 0 Å². The van der Waals surface area contributed by atoms with Crippen LogP contribution < -0.4 is 15.0 Å². The van der Waals surface area contributed by atoms with Crippen molar-refractivity contribution >= 4 is 17.5 Å². The molecule has 0 saturated carbocycles. The first-order chi connectivity index (χ1) is 13.6. The lowest BCUT2D eigenvalue weighted by Crippen LogP contribution is -2.51. The molecule has 1 aliphatic heterocycles. The number of amides is 2. The van der Waals surface area contributed by atoms with Crippen LogP contribution in [0, 0.1) is 6.92 Å². The molecule has 2 amide bonds. The summed E-state index contributed by atoms with van der Waals surface area (Å²) in [5, 5.41) is 2.74. The highest BCUT2D eigenvalue weighted by Gasteiger charge is 2.23. The van der Waals surface area contributed by atoms with Gasteiger partial charge in [0.15, 0.2) is 0 Å². The Morgan fingerprint density at radius 3 is 2.36 bits per heavy atom. The van der Waals surface area contributed by atoms with Crippen LogP contribution in [0.3, 0.4) is 0 Å². The van der Waals surface area contributed by atoms with E-state index in [4.69, 9.17) is 4.74 Å². The summed E-state index contributed by atoms with van der Waals surface area (Å²) in [4.78, 5) is 28.5. The van der Waals surface area contributed by atoms with E-state index in [9.17, 15) is 9.59 Å². The number of carbonyl (C=O) groups is 2. The molecule has 0 bridgehead atoms. The lowest BCUT2D eigenvalue weighted by atomic mass is 10.1. The standard InChI is InChI=1S/C22H27N3O3/c1-17-7-9-18(10-8-17)15-21(26)23-16-22(27)25-13-11-24(12-14-25)19-5-3-4-6-20(19)28-2/h3-10H,11-16H2,1-2H3,(H,23,26). The molecule has 6 nitrogen and oxygen atoms in total. The van der Waals surface area contributed by atoms with E-state index in [1.165, 1.54) is 0 Å². The van der Waals surface area contributed by atoms with Gasteiger partial charge in [-0.25, -0.2) is 0 Å². The van der Waals surface area contributed by atoms with Crippen LogP contribution in [-0.4, -0.2) is 56.5 Å². The third kappa shape index (κ3) is 5.03. The van der Waals surface area contributed by atoms with Crippen molar-refractivity contribution < 1.29 is 14.3 Å². The normalized spacial score (nSPS) is 13.9. The van der Waals surface area contributed by atoms with E-state index < -0.39 is 0 Å². The molecule has 1 heterocycles. The number of hydrogen-bond acceptors (Lipinski definition) is 4. The summed E-state index contributed by atoms with van der Waals surface area (Å²) < 4.78 is 5.42. The number of benzene rings is 2. The van der Waals surface area contributed by atoms with Crippen LogP contribution in [-0.2, 0) is 16.0 Å². The van der Waals surface area contributed by atoms with E-state index in [0.717, 1.165) is 35.7 Å². The molecule has 0 aliphatic carbocycles. The molecule has 28 heavy (non-hydrogen) atoms. The fourth-order valence-electron chi connectivity index (χ4n) is 3.33. The largest absolute Gasteiger partial charge is 0.495 e. The number of anilines is 1. The first-order valence-electron chi connectivity index (χ1n) is 9.55. The van der Waals surface area contributed by atoms with Gasteiger partial charge in [-0.3, -0.25) is 9.59 Å². The maximum atomic E-state index is 12.4. The van der Waals surface area contributed by atoms with Gasteiger partial charge in [-0.2, -0.15) is 0 Å². The van der Waals surface area contributed by atoms with E-state index >= 15 is 0 Å². The van der Waals surface area contributed by atoms with Crippen molar-refractivity contribution in [3.8, 4) is 5.75 Å². The Morgan fingerprint density at radius 2 is 1.68 bits per heavy atom. The predicted molar refractivity (Wildman–Crippen MR) is 110 cm³/mol. The van der Waals surface area contributed by atoms with E-state index in [1.807, 2.05) is 55.5 Å². The topological polar surface area (TPSA) is 61.9 Å². The molecular formula is C22H27N3O3. The zero-order valence-electron chi connectivity index (χ0n) is 16.5. The average Bonchev–Trinajstić information content (AvgIpc) is 2.73. The Morgan fingerprint density at radius 1 is 1.00 bits per heavy atom. The Hall–Kier alpha value is -3.02. The molecule has 1 fully saturated rings. The number of nitrogens with zero attached hydrogens (tertiary/aromatic N) is 2. The van der Waals surface area contributed by atoms with Gasteiger partial charge in [-0.1, -0.05) is 42.0 Å². The second kappa shape index (κ2) is 9.26. The van der Waals surface area contributed by atoms with Gasteiger partial charge in [0.05, 0.1) is 25.8 Å². The van der Waals surface area contributed by atoms with Crippen molar-refractivity contribution in [1.29, 1.82) is 0 Å². The zero-order valence-corrected chi connectivity index (χ0v) is 16.5. The number of hydrogen-bond donors (Lipinski definition) is 1. The van der Waals surface area contributed by atoms with Gasteiger partial charge in [-0.05, 0) is 24.6 Å². The summed E-state index contributed by atoms with van der Waals surface area (Å²) >= 11 is 0. The Balaban J connectivity index is 1.45. The van der Waals surface area contributed by atoms with E-state index in [2.05, 4.69) is 10.2 Å². The maximum Gasteiger partial charge on any atom is 0.242 e. The van der Waals surface area contributed by atoms with Crippen molar-refractivity contribution in [2.24, 2.45) is 0 Å². The number of ether oxygens (including phenoxy) is 1. The summed E-state index contributed by atoms with van der Waals surface area (Å²) in [6.07, 6.45) is 0.287. The zero-order chi connectivity index (χ0) is 19.9. The lowest BCUT2D eigenvalue weighted by molar-refractivity contribution is -0.133. The predicted octanol–water partition coefficient (Wildman–Crippen LogP) is 2.01. The Labute approximate surface area is 166 Å². The van der Waals surface area contributed by atoms with Crippen molar-refractivity contribution in [3.05, 3.63) is 59.7 Å². The quantitative estimate of drug-likeness (QED) is 0.832. The highest BCUT2D eigenvalue weighted by Crippen LogP contribution is 2.28. The van der Waals surface area contributed by atoms with Gasteiger partial charge < -0.3 is 19.9 Å². The molecule has 0 atom stereocenters. The molecule has 1 saturated heterocycles. The summed E-state index contributed by atoms with van der Waals surface area (Å²) in [7, 11) is 1.66. The van der Waals surface area contributed by atoms with Crippen molar-refractivity contribution in [2.75, 3.05) is 44.7 Å². The number of carbonyl (C=O) groups excluding carboxylic acids is 2. The molecule has 0 radical (unpaired) electrons. The third-order valence-electron chi connectivity index (χ3n) is 4.98. The number of rotatable bonds is 6.